The third-order valence-corrected chi connectivity index (χ3v) is 3.75. The predicted molar refractivity (Wildman–Crippen MR) is 89.9 cm³/mol. The summed E-state index contributed by atoms with van der Waals surface area (Å²) < 4.78 is 0. The molecule has 21 heavy (non-hydrogen) atoms. The van der Waals surface area contributed by atoms with Crippen LogP contribution < -0.4 is 16.0 Å². The molecule has 0 saturated heterocycles. The number of nitrogens with one attached hydrogen (secondary N) is 3. The predicted octanol–water partition coefficient (Wildman–Crippen LogP) is 1.62. The van der Waals surface area contributed by atoms with Crippen LogP contribution in [-0.4, -0.2) is 38.0 Å². The molecular formula is C15H26N4OS. The molecule has 1 unspecified atom stereocenters. The molecule has 118 valence electrons. The minimum Gasteiger partial charge on any atom is -0.357 e. The number of guanidine groups is 1. The number of carbonyl (C=O) groups is 1. The molecule has 1 rings (SSSR count). The maximum Gasteiger partial charge on any atom is 0.241 e. The van der Waals surface area contributed by atoms with Gasteiger partial charge in [-0.15, -0.1) is 11.3 Å². The van der Waals surface area contributed by atoms with Gasteiger partial charge >= 0.3 is 0 Å². The van der Waals surface area contributed by atoms with Crippen molar-refractivity contribution >= 4 is 23.2 Å². The number of carbonyl (C=O) groups excluding carboxylic acids is 1. The van der Waals surface area contributed by atoms with Crippen molar-refractivity contribution in [1.82, 2.24) is 16.0 Å². The lowest BCUT2D eigenvalue weighted by Gasteiger charge is -2.15. The summed E-state index contributed by atoms with van der Waals surface area (Å²) in [4.78, 5) is 17.1. The average Bonchev–Trinajstić information content (AvgIpc) is 2.95. The van der Waals surface area contributed by atoms with E-state index in [0.717, 1.165) is 19.5 Å². The number of amides is 1. The quantitative estimate of drug-likeness (QED) is 0.505. The van der Waals surface area contributed by atoms with Crippen LogP contribution in [0.5, 0.6) is 0 Å². The second-order valence-electron chi connectivity index (χ2n) is 4.92. The molecule has 0 aliphatic carbocycles. The van der Waals surface area contributed by atoms with Gasteiger partial charge in [0.15, 0.2) is 5.96 Å². The highest BCUT2D eigenvalue weighted by Crippen LogP contribution is 2.13. The van der Waals surface area contributed by atoms with Crippen LogP contribution in [0.3, 0.4) is 0 Å². The molecule has 1 heterocycles. The molecule has 1 aromatic rings. The highest BCUT2D eigenvalue weighted by Gasteiger charge is 2.06. The molecule has 6 heteroatoms. The van der Waals surface area contributed by atoms with Gasteiger partial charge in [-0.2, -0.15) is 0 Å². The molecule has 0 saturated carbocycles. The third-order valence-electron chi connectivity index (χ3n) is 2.85. The summed E-state index contributed by atoms with van der Waals surface area (Å²) in [7, 11) is 0. The van der Waals surface area contributed by atoms with Crippen LogP contribution in [0.2, 0.25) is 0 Å². The lowest BCUT2D eigenvalue weighted by Crippen LogP contribution is -2.40. The Morgan fingerprint density at radius 1 is 1.29 bits per heavy atom. The highest BCUT2D eigenvalue weighted by molar-refractivity contribution is 7.09. The Labute approximate surface area is 131 Å². The minimum absolute atomic E-state index is 0.0543. The fourth-order valence-corrected chi connectivity index (χ4v) is 2.73. The summed E-state index contributed by atoms with van der Waals surface area (Å²) in [5, 5.41) is 11.3. The molecule has 0 aromatic carbocycles. The SMILES string of the molecule is CCNC(=O)CN=C(NCC)NCC(C)Cc1cccs1. The van der Waals surface area contributed by atoms with E-state index in [2.05, 4.69) is 45.4 Å². The first-order chi connectivity index (χ1) is 10.2. The standard InChI is InChI=1S/C15H26N4OS/c1-4-16-14(20)11-19-15(17-5-2)18-10-12(3)9-13-7-6-8-21-13/h6-8,12H,4-5,9-11H2,1-3H3,(H,16,20)(H2,17,18,19). The molecule has 1 amide bonds. The van der Waals surface area contributed by atoms with E-state index >= 15 is 0 Å². The molecule has 5 nitrogen and oxygen atoms in total. The molecule has 0 aliphatic heterocycles. The normalized spacial score (nSPS) is 12.8. The van der Waals surface area contributed by atoms with Gasteiger partial charge in [-0.05, 0) is 37.6 Å². The van der Waals surface area contributed by atoms with Crippen LogP contribution in [0.4, 0.5) is 0 Å². The van der Waals surface area contributed by atoms with Crippen LogP contribution in [0, 0.1) is 5.92 Å². The van der Waals surface area contributed by atoms with Gasteiger partial charge in [-0.3, -0.25) is 4.79 Å². The van der Waals surface area contributed by atoms with Crippen LogP contribution in [-0.2, 0) is 11.2 Å². The van der Waals surface area contributed by atoms with Gasteiger partial charge in [-0.25, -0.2) is 4.99 Å². The summed E-state index contributed by atoms with van der Waals surface area (Å²) in [6, 6.07) is 4.24. The van der Waals surface area contributed by atoms with Gasteiger partial charge in [0.05, 0.1) is 0 Å². The Hall–Kier alpha value is -1.56. The fraction of sp³-hybridized carbons (Fsp3) is 0.600. The van der Waals surface area contributed by atoms with E-state index in [0.29, 0.717) is 18.4 Å². The number of nitrogens with zero attached hydrogens (tertiary/aromatic N) is 1. The Morgan fingerprint density at radius 2 is 2.05 bits per heavy atom. The number of likely N-dealkylation sites (N-methyl/N-ethyl adjacent to an activating group) is 1. The number of hydrogen-bond acceptors (Lipinski definition) is 3. The molecule has 0 spiro atoms. The monoisotopic (exact) mass is 310 g/mol. The summed E-state index contributed by atoms with van der Waals surface area (Å²) in [5.41, 5.74) is 0. The van der Waals surface area contributed by atoms with Crippen molar-refractivity contribution in [2.45, 2.75) is 27.2 Å². The topological polar surface area (TPSA) is 65.5 Å². The smallest absolute Gasteiger partial charge is 0.241 e. The van der Waals surface area contributed by atoms with Gasteiger partial charge in [0.2, 0.25) is 5.91 Å². The number of thiophene rings is 1. The number of rotatable bonds is 8. The Balaban J connectivity index is 2.38. The van der Waals surface area contributed by atoms with Gasteiger partial charge in [0.25, 0.3) is 0 Å². The maximum absolute atomic E-state index is 11.4. The zero-order valence-corrected chi connectivity index (χ0v) is 13.9. The Kier molecular flexibility index (Phi) is 8.50. The summed E-state index contributed by atoms with van der Waals surface area (Å²) in [5.74, 6) is 1.15. The van der Waals surface area contributed by atoms with E-state index in [-0.39, 0.29) is 12.5 Å². The summed E-state index contributed by atoms with van der Waals surface area (Å²) in [6.07, 6.45) is 1.06. The van der Waals surface area contributed by atoms with Crippen LogP contribution >= 0.6 is 11.3 Å². The first-order valence-electron chi connectivity index (χ1n) is 7.46. The van der Waals surface area contributed by atoms with Crippen molar-refractivity contribution in [2.75, 3.05) is 26.2 Å². The van der Waals surface area contributed by atoms with Crippen LogP contribution in [0.1, 0.15) is 25.6 Å². The van der Waals surface area contributed by atoms with E-state index in [1.54, 1.807) is 11.3 Å². The van der Waals surface area contributed by atoms with Gasteiger partial charge < -0.3 is 16.0 Å². The first kappa shape index (κ1) is 17.5. The maximum atomic E-state index is 11.4. The lowest BCUT2D eigenvalue weighted by atomic mass is 10.1. The molecular weight excluding hydrogens is 284 g/mol. The second kappa shape index (κ2) is 10.2. The van der Waals surface area contributed by atoms with Gasteiger partial charge in [0, 0.05) is 24.5 Å². The zero-order chi connectivity index (χ0) is 15.5. The number of aliphatic imine (C=N–C) groups is 1. The largest absolute Gasteiger partial charge is 0.357 e. The fourth-order valence-electron chi connectivity index (χ4n) is 1.86. The minimum atomic E-state index is -0.0543. The van der Waals surface area contributed by atoms with Gasteiger partial charge in [-0.1, -0.05) is 13.0 Å². The van der Waals surface area contributed by atoms with E-state index in [4.69, 9.17) is 0 Å². The lowest BCUT2D eigenvalue weighted by molar-refractivity contribution is -0.119. The average molecular weight is 310 g/mol. The van der Waals surface area contributed by atoms with Crippen molar-refractivity contribution in [3.8, 4) is 0 Å². The van der Waals surface area contributed by atoms with Crippen LogP contribution in [0.15, 0.2) is 22.5 Å². The second-order valence-corrected chi connectivity index (χ2v) is 5.95. The van der Waals surface area contributed by atoms with E-state index in [1.165, 1.54) is 4.88 Å². The third kappa shape index (κ3) is 7.70. The summed E-state index contributed by atoms with van der Waals surface area (Å²) in [6.45, 7) is 8.52. The van der Waals surface area contributed by atoms with Crippen molar-refractivity contribution in [1.29, 1.82) is 0 Å². The molecule has 0 bridgehead atoms. The van der Waals surface area contributed by atoms with Crippen molar-refractivity contribution in [3.63, 3.8) is 0 Å². The van der Waals surface area contributed by atoms with Crippen molar-refractivity contribution < 1.29 is 4.79 Å². The Bertz CT molecular complexity index is 431. The van der Waals surface area contributed by atoms with Crippen molar-refractivity contribution in [2.24, 2.45) is 10.9 Å². The summed E-state index contributed by atoms with van der Waals surface area (Å²) >= 11 is 1.79. The van der Waals surface area contributed by atoms with Crippen molar-refractivity contribution in [3.05, 3.63) is 22.4 Å². The molecule has 1 aromatic heterocycles. The Morgan fingerprint density at radius 3 is 2.67 bits per heavy atom. The van der Waals surface area contributed by atoms with Crippen LogP contribution in [0.25, 0.3) is 0 Å². The molecule has 3 N–H and O–H groups in total. The highest BCUT2D eigenvalue weighted by atomic mass is 32.1. The van der Waals surface area contributed by atoms with E-state index in [1.807, 2.05) is 13.8 Å². The molecule has 0 aliphatic rings. The van der Waals surface area contributed by atoms with E-state index in [9.17, 15) is 4.79 Å². The zero-order valence-electron chi connectivity index (χ0n) is 13.1. The molecule has 1 atom stereocenters. The first-order valence-corrected chi connectivity index (χ1v) is 8.34. The molecule has 0 radical (unpaired) electrons. The van der Waals surface area contributed by atoms with Gasteiger partial charge in [0.1, 0.15) is 6.54 Å². The van der Waals surface area contributed by atoms with E-state index < -0.39 is 0 Å². The number of hydrogen-bond donors (Lipinski definition) is 3. The molecule has 0 fully saturated rings.